The zero-order valence-electron chi connectivity index (χ0n) is 11.6. The minimum atomic E-state index is 0.538. The van der Waals surface area contributed by atoms with Crippen molar-refractivity contribution >= 4 is 21.6 Å². The fourth-order valence-electron chi connectivity index (χ4n) is 2.04. The van der Waals surface area contributed by atoms with Crippen LogP contribution in [0.25, 0.3) is 0 Å². The number of rotatable bonds is 5. The van der Waals surface area contributed by atoms with Gasteiger partial charge in [0.1, 0.15) is 0 Å². The Balaban J connectivity index is 2.68. The first-order valence-corrected chi connectivity index (χ1v) is 7.22. The second-order valence-corrected chi connectivity index (χ2v) is 6.35. The maximum atomic E-state index is 3.64. The molecule has 1 unspecified atom stereocenters. The lowest BCUT2D eigenvalue weighted by atomic mass is 10.0. The van der Waals surface area contributed by atoms with Crippen LogP contribution in [0.5, 0.6) is 0 Å². The first kappa shape index (κ1) is 14.6. The highest BCUT2D eigenvalue weighted by molar-refractivity contribution is 9.10. The Kier molecular flexibility index (Phi) is 5.51. The summed E-state index contributed by atoms with van der Waals surface area (Å²) < 4.78 is 1.16. The maximum absolute atomic E-state index is 3.64. The van der Waals surface area contributed by atoms with E-state index < -0.39 is 0 Å². The lowest BCUT2D eigenvalue weighted by Crippen LogP contribution is -2.17. The van der Waals surface area contributed by atoms with Crippen molar-refractivity contribution in [2.45, 2.75) is 53.5 Å². The van der Waals surface area contributed by atoms with E-state index in [9.17, 15) is 0 Å². The van der Waals surface area contributed by atoms with E-state index in [0.717, 1.165) is 10.4 Å². The van der Waals surface area contributed by atoms with Crippen molar-refractivity contribution in [3.05, 3.63) is 27.7 Å². The van der Waals surface area contributed by atoms with Crippen molar-refractivity contribution in [2.75, 3.05) is 5.32 Å². The number of hydrogen-bond acceptors (Lipinski definition) is 1. The Morgan fingerprint density at radius 3 is 2.06 bits per heavy atom. The van der Waals surface area contributed by atoms with Gasteiger partial charge in [-0.25, -0.2) is 0 Å². The number of aryl methyl sites for hydroxylation is 2. The second kappa shape index (κ2) is 6.44. The molecule has 0 saturated heterocycles. The van der Waals surface area contributed by atoms with Crippen LogP contribution in [0.4, 0.5) is 5.69 Å². The summed E-state index contributed by atoms with van der Waals surface area (Å²) in [6, 6.07) is 4.88. The largest absolute Gasteiger partial charge is 0.382 e. The summed E-state index contributed by atoms with van der Waals surface area (Å²) in [6.07, 6.45) is 2.51. The van der Waals surface area contributed by atoms with Gasteiger partial charge in [0, 0.05) is 16.2 Å². The molecule has 1 N–H and O–H groups in total. The van der Waals surface area contributed by atoms with Crippen LogP contribution in [0.3, 0.4) is 0 Å². The summed E-state index contributed by atoms with van der Waals surface area (Å²) >= 11 is 3.54. The van der Waals surface area contributed by atoms with Gasteiger partial charge >= 0.3 is 0 Å². The Morgan fingerprint density at radius 2 is 1.59 bits per heavy atom. The summed E-state index contributed by atoms with van der Waals surface area (Å²) in [6.45, 7) is 11.2. The zero-order valence-corrected chi connectivity index (χ0v) is 13.2. The van der Waals surface area contributed by atoms with Crippen LogP contribution in [0, 0.1) is 19.8 Å². The third-order valence-corrected chi connectivity index (χ3v) is 3.52. The third-order valence-electron chi connectivity index (χ3n) is 3.07. The first-order chi connectivity index (χ1) is 7.90. The van der Waals surface area contributed by atoms with Gasteiger partial charge in [0.2, 0.25) is 0 Å². The summed E-state index contributed by atoms with van der Waals surface area (Å²) in [5, 5.41) is 3.64. The highest BCUT2D eigenvalue weighted by atomic mass is 79.9. The number of anilines is 1. The van der Waals surface area contributed by atoms with Gasteiger partial charge in [0.25, 0.3) is 0 Å². The Morgan fingerprint density at radius 1 is 1.06 bits per heavy atom. The summed E-state index contributed by atoms with van der Waals surface area (Å²) in [5.74, 6) is 0.784. The molecule has 0 aliphatic carbocycles. The normalized spacial score (nSPS) is 12.9. The van der Waals surface area contributed by atoms with E-state index in [1.165, 1.54) is 29.7 Å². The molecule has 2 heteroatoms. The Labute approximate surface area is 114 Å². The number of nitrogens with one attached hydrogen (secondary N) is 1. The van der Waals surface area contributed by atoms with Gasteiger partial charge in [0.15, 0.2) is 0 Å². The first-order valence-electron chi connectivity index (χ1n) is 6.43. The summed E-state index contributed by atoms with van der Waals surface area (Å²) in [4.78, 5) is 0. The molecule has 1 aromatic carbocycles. The number of benzene rings is 1. The standard InChI is InChI=1S/C15H24BrN/c1-10(2)6-7-13(5)17-15-11(3)8-14(16)9-12(15)4/h8-10,13,17H,6-7H2,1-5H3. The Bertz CT molecular complexity index is 348. The lowest BCUT2D eigenvalue weighted by molar-refractivity contribution is 0.527. The van der Waals surface area contributed by atoms with Gasteiger partial charge in [-0.3, -0.25) is 0 Å². The van der Waals surface area contributed by atoms with Crippen molar-refractivity contribution in [1.82, 2.24) is 0 Å². The van der Waals surface area contributed by atoms with Crippen LogP contribution in [0.1, 0.15) is 44.7 Å². The molecule has 1 aromatic rings. The number of halogens is 1. The molecule has 0 amide bonds. The van der Waals surface area contributed by atoms with Crippen molar-refractivity contribution in [2.24, 2.45) is 5.92 Å². The molecular weight excluding hydrogens is 274 g/mol. The quantitative estimate of drug-likeness (QED) is 0.777. The van der Waals surface area contributed by atoms with Crippen molar-refractivity contribution in [1.29, 1.82) is 0 Å². The zero-order chi connectivity index (χ0) is 13.0. The van der Waals surface area contributed by atoms with Gasteiger partial charge in [-0.1, -0.05) is 29.8 Å². The fraction of sp³-hybridized carbons (Fsp3) is 0.600. The topological polar surface area (TPSA) is 12.0 Å². The molecule has 0 aliphatic rings. The molecule has 1 atom stereocenters. The highest BCUT2D eigenvalue weighted by Gasteiger charge is 2.08. The van der Waals surface area contributed by atoms with Crippen LogP contribution in [-0.4, -0.2) is 6.04 Å². The lowest BCUT2D eigenvalue weighted by Gasteiger charge is -2.20. The minimum absolute atomic E-state index is 0.538. The maximum Gasteiger partial charge on any atom is 0.0402 e. The Hall–Kier alpha value is -0.500. The van der Waals surface area contributed by atoms with Gasteiger partial charge in [-0.2, -0.15) is 0 Å². The SMILES string of the molecule is Cc1cc(Br)cc(C)c1NC(C)CCC(C)C. The van der Waals surface area contributed by atoms with Crippen molar-refractivity contribution < 1.29 is 0 Å². The summed E-state index contributed by atoms with van der Waals surface area (Å²) in [7, 11) is 0. The van der Waals surface area contributed by atoms with Crippen molar-refractivity contribution in [3.8, 4) is 0 Å². The summed E-state index contributed by atoms with van der Waals surface area (Å²) in [5.41, 5.74) is 3.92. The van der Waals surface area contributed by atoms with E-state index in [2.05, 4.69) is 68.0 Å². The fourth-order valence-corrected chi connectivity index (χ4v) is 2.73. The molecular formula is C15H24BrN. The molecule has 0 fully saturated rings. The van der Waals surface area contributed by atoms with Crippen molar-refractivity contribution in [3.63, 3.8) is 0 Å². The highest BCUT2D eigenvalue weighted by Crippen LogP contribution is 2.26. The van der Waals surface area contributed by atoms with E-state index in [-0.39, 0.29) is 0 Å². The van der Waals surface area contributed by atoms with E-state index in [0.29, 0.717) is 6.04 Å². The predicted octanol–water partition coefficient (Wildman–Crippen LogP) is 5.30. The van der Waals surface area contributed by atoms with E-state index in [4.69, 9.17) is 0 Å². The molecule has 0 radical (unpaired) electrons. The molecule has 1 nitrogen and oxygen atoms in total. The van der Waals surface area contributed by atoms with Crippen LogP contribution >= 0.6 is 15.9 Å². The molecule has 17 heavy (non-hydrogen) atoms. The molecule has 0 bridgehead atoms. The molecule has 0 heterocycles. The van der Waals surface area contributed by atoms with E-state index in [1.54, 1.807) is 0 Å². The molecule has 0 aliphatic heterocycles. The molecule has 1 rings (SSSR count). The smallest absolute Gasteiger partial charge is 0.0402 e. The molecule has 0 spiro atoms. The van der Waals surface area contributed by atoms with E-state index in [1.807, 2.05) is 0 Å². The molecule has 0 saturated carbocycles. The third kappa shape index (κ3) is 4.71. The van der Waals surface area contributed by atoms with Crippen LogP contribution in [0.2, 0.25) is 0 Å². The van der Waals surface area contributed by atoms with Gasteiger partial charge in [-0.15, -0.1) is 0 Å². The van der Waals surface area contributed by atoms with E-state index >= 15 is 0 Å². The minimum Gasteiger partial charge on any atom is -0.382 e. The van der Waals surface area contributed by atoms with Gasteiger partial charge in [0.05, 0.1) is 0 Å². The molecule has 0 aromatic heterocycles. The average Bonchev–Trinajstić information content (AvgIpc) is 2.20. The monoisotopic (exact) mass is 297 g/mol. The van der Waals surface area contributed by atoms with Crippen LogP contribution in [0.15, 0.2) is 16.6 Å². The second-order valence-electron chi connectivity index (χ2n) is 5.43. The van der Waals surface area contributed by atoms with Crippen LogP contribution in [-0.2, 0) is 0 Å². The average molecular weight is 298 g/mol. The number of hydrogen-bond donors (Lipinski definition) is 1. The van der Waals surface area contributed by atoms with Crippen LogP contribution < -0.4 is 5.32 Å². The van der Waals surface area contributed by atoms with Gasteiger partial charge < -0.3 is 5.32 Å². The molecule has 96 valence electrons. The van der Waals surface area contributed by atoms with Gasteiger partial charge in [-0.05, 0) is 62.8 Å². The predicted molar refractivity (Wildman–Crippen MR) is 80.8 cm³/mol.